The Morgan fingerprint density at radius 3 is 2.85 bits per heavy atom. The quantitative estimate of drug-likeness (QED) is 0.748. The van der Waals surface area contributed by atoms with Crippen molar-refractivity contribution in [3.63, 3.8) is 0 Å². The molecule has 0 bridgehead atoms. The molecule has 0 atom stereocenters. The van der Waals surface area contributed by atoms with Crippen molar-refractivity contribution in [3.05, 3.63) is 17.5 Å². The highest BCUT2D eigenvalue weighted by atomic mass is 16.5. The lowest BCUT2D eigenvalue weighted by Crippen LogP contribution is -2.13. The Hall–Kier alpha value is -1.32. The Morgan fingerprint density at radius 2 is 2.23 bits per heavy atom. The Balaban J connectivity index is 2.28. The van der Waals surface area contributed by atoms with Crippen molar-refractivity contribution in [3.8, 4) is 0 Å². The molecule has 1 aliphatic carbocycles. The zero-order valence-electron chi connectivity index (χ0n) is 7.32. The third-order valence-electron chi connectivity index (χ3n) is 2.60. The van der Waals surface area contributed by atoms with E-state index in [0.29, 0.717) is 11.5 Å². The first-order chi connectivity index (χ1) is 6.29. The molecular weight excluding hydrogens is 168 g/mol. The van der Waals surface area contributed by atoms with Crippen LogP contribution >= 0.6 is 0 Å². The van der Waals surface area contributed by atoms with Crippen molar-refractivity contribution in [2.45, 2.75) is 31.6 Å². The molecule has 0 spiro atoms. The van der Waals surface area contributed by atoms with E-state index in [9.17, 15) is 4.79 Å². The first kappa shape index (κ1) is 8.29. The average molecular weight is 180 g/mol. The molecule has 1 aromatic heterocycles. The van der Waals surface area contributed by atoms with Crippen LogP contribution in [0.15, 0.2) is 10.8 Å². The molecule has 1 amide bonds. The molecule has 0 aliphatic heterocycles. The fourth-order valence-electron chi connectivity index (χ4n) is 1.92. The second-order valence-corrected chi connectivity index (χ2v) is 3.46. The molecule has 13 heavy (non-hydrogen) atoms. The lowest BCUT2D eigenvalue weighted by molar-refractivity contribution is 0.0998. The summed E-state index contributed by atoms with van der Waals surface area (Å²) in [5, 5.41) is 3.84. The predicted octanol–water partition coefficient (Wildman–Crippen LogP) is 1.43. The van der Waals surface area contributed by atoms with E-state index in [1.807, 2.05) is 0 Å². The molecule has 1 heterocycles. The second kappa shape index (κ2) is 3.20. The van der Waals surface area contributed by atoms with Crippen molar-refractivity contribution >= 4 is 5.91 Å². The minimum atomic E-state index is -0.442. The van der Waals surface area contributed by atoms with E-state index >= 15 is 0 Å². The van der Waals surface area contributed by atoms with Crippen molar-refractivity contribution in [1.29, 1.82) is 0 Å². The number of carbonyl (C=O) groups is 1. The first-order valence-corrected chi connectivity index (χ1v) is 4.53. The minimum Gasteiger partial charge on any atom is -0.365 e. The largest absolute Gasteiger partial charge is 0.365 e. The van der Waals surface area contributed by atoms with Crippen LogP contribution in [0.25, 0.3) is 0 Å². The van der Waals surface area contributed by atoms with Gasteiger partial charge in [-0.2, -0.15) is 0 Å². The lowest BCUT2D eigenvalue weighted by Gasteiger charge is -2.04. The molecule has 0 unspecified atom stereocenters. The number of rotatable bonds is 2. The SMILES string of the molecule is NC(=O)c1conc1C1CCCC1. The van der Waals surface area contributed by atoms with Gasteiger partial charge in [0, 0.05) is 5.92 Å². The van der Waals surface area contributed by atoms with Crippen LogP contribution in [0.4, 0.5) is 0 Å². The predicted molar refractivity (Wildman–Crippen MR) is 46.2 cm³/mol. The zero-order valence-corrected chi connectivity index (χ0v) is 7.32. The number of nitrogens with two attached hydrogens (primary N) is 1. The Morgan fingerprint density at radius 1 is 1.54 bits per heavy atom. The van der Waals surface area contributed by atoms with Crippen LogP contribution in [0.5, 0.6) is 0 Å². The van der Waals surface area contributed by atoms with Gasteiger partial charge >= 0.3 is 0 Å². The van der Waals surface area contributed by atoms with Gasteiger partial charge < -0.3 is 10.3 Å². The maximum atomic E-state index is 11.0. The normalized spacial score (nSPS) is 17.8. The van der Waals surface area contributed by atoms with Crippen LogP contribution in [0, 0.1) is 0 Å². The smallest absolute Gasteiger partial charge is 0.253 e. The topological polar surface area (TPSA) is 69.1 Å². The molecule has 1 saturated carbocycles. The summed E-state index contributed by atoms with van der Waals surface area (Å²) in [5.41, 5.74) is 6.39. The van der Waals surface area contributed by atoms with Crippen LogP contribution in [-0.4, -0.2) is 11.1 Å². The van der Waals surface area contributed by atoms with Crippen LogP contribution in [0.1, 0.15) is 47.7 Å². The van der Waals surface area contributed by atoms with Gasteiger partial charge in [0.1, 0.15) is 11.8 Å². The molecule has 1 aromatic rings. The maximum absolute atomic E-state index is 11.0. The van der Waals surface area contributed by atoms with Crippen LogP contribution in [0.2, 0.25) is 0 Å². The number of primary amides is 1. The highest BCUT2D eigenvalue weighted by Gasteiger charge is 2.24. The number of nitrogens with zero attached hydrogens (tertiary/aromatic N) is 1. The number of hydrogen-bond acceptors (Lipinski definition) is 3. The van der Waals surface area contributed by atoms with Crippen molar-refractivity contribution in [2.24, 2.45) is 5.73 Å². The summed E-state index contributed by atoms with van der Waals surface area (Å²) in [7, 11) is 0. The van der Waals surface area contributed by atoms with Gasteiger partial charge in [-0.05, 0) is 12.8 Å². The van der Waals surface area contributed by atoms with Crippen LogP contribution in [0.3, 0.4) is 0 Å². The molecule has 4 nitrogen and oxygen atoms in total. The monoisotopic (exact) mass is 180 g/mol. The third-order valence-corrected chi connectivity index (χ3v) is 2.60. The van der Waals surface area contributed by atoms with Gasteiger partial charge in [-0.15, -0.1) is 0 Å². The number of carbonyl (C=O) groups excluding carboxylic acids is 1. The molecule has 0 saturated heterocycles. The number of hydrogen-bond donors (Lipinski definition) is 1. The molecule has 2 N–H and O–H groups in total. The van der Waals surface area contributed by atoms with Crippen LogP contribution in [-0.2, 0) is 0 Å². The van der Waals surface area contributed by atoms with Gasteiger partial charge in [0.25, 0.3) is 5.91 Å². The van der Waals surface area contributed by atoms with E-state index in [1.165, 1.54) is 19.1 Å². The fourth-order valence-corrected chi connectivity index (χ4v) is 1.92. The van der Waals surface area contributed by atoms with E-state index in [0.717, 1.165) is 18.5 Å². The van der Waals surface area contributed by atoms with Gasteiger partial charge in [-0.3, -0.25) is 4.79 Å². The van der Waals surface area contributed by atoms with Gasteiger partial charge in [0.2, 0.25) is 0 Å². The summed E-state index contributed by atoms with van der Waals surface area (Å²) in [6.45, 7) is 0. The van der Waals surface area contributed by atoms with E-state index in [1.54, 1.807) is 0 Å². The highest BCUT2D eigenvalue weighted by molar-refractivity contribution is 5.93. The van der Waals surface area contributed by atoms with Gasteiger partial charge in [0.05, 0.1) is 5.69 Å². The molecular formula is C9H12N2O2. The molecule has 0 aromatic carbocycles. The first-order valence-electron chi connectivity index (χ1n) is 4.53. The summed E-state index contributed by atoms with van der Waals surface area (Å²) >= 11 is 0. The molecule has 70 valence electrons. The van der Waals surface area contributed by atoms with E-state index in [-0.39, 0.29) is 0 Å². The van der Waals surface area contributed by atoms with Crippen molar-refractivity contribution in [1.82, 2.24) is 5.16 Å². The van der Waals surface area contributed by atoms with Gasteiger partial charge in [-0.25, -0.2) is 0 Å². The molecule has 2 rings (SSSR count). The summed E-state index contributed by atoms with van der Waals surface area (Å²) in [4.78, 5) is 11.0. The van der Waals surface area contributed by atoms with Crippen molar-refractivity contribution in [2.75, 3.05) is 0 Å². The average Bonchev–Trinajstić information content (AvgIpc) is 2.74. The zero-order chi connectivity index (χ0) is 9.26. The number of aromatic nitrogens is 1. The fraction of sp³-hybridized carbons (Fsp3) is 0.556. The van der Waals surface area contributed by atoms with Crippen molar-refractivity contribution < 1.29 is 9.32 Å². The van der Waals surface area contributed by atoms with E-state index in [4.69, 9.17) is 10.3 Å². The molecule has 1 aliphatic rings. The molecule has 0 radical (unpaired) electrons. The Labute approximate surface area is 76.1 Å². The van der Waals surface area contributed by atoms with E-state index in [2.05, 4.69) is 5.16 Å². The van der Waals surface area contributed by atoms with E-state index < -0.39 is 5.91 Å². The summed E-state index contributed by atoms with van der Waals surface area (Å²) in [5.74, 6) is -0.0654. The third kappa shape index (κ3) is 1.43. The lowest BCUT2D eigenvalue weighted by atomic mass is 10.0. The summed E-state index contributed by atoms with van der Waals surface area (Å²) in [6, 6.07) is 0. The molecule has 4 heteroatoms. The minimum absolute atomic E-state index is 0.376. The summed E-state index contributed by atoms with van der Waals surface area (Å²) in [6.07, 6.45) is 5.93. The van der Waals surface area contributed by atoms with Crippen LogP contribution < -0.4 is 5.73 Å². The van der Waals surface area contributed by atoms with Gasteiger partial charge in [-0.1, -0.05) is 18.0 Å². The number of amides is 1. The Kier molecular flexibility index (Phi) is 2.04. The summed E-state index contributed by atoms with van der Waals surface area (Å²) < 4.78 is 4.77. The molecule has 1 fully saturated rings. The second-order valence-electron chi connectivity index (χ2n) is 3.46. The van der Waals surface area contributed by atoms with Gasteiger partial charge in [0.15, 0.2) is 0 Å². The Bertz CT molecular complexity index is 313. The standard InChI is InChI=1S/C9H12N2O2/c10-9(12)7-5-13-11-8(7)6-3-1-2-4-6/h5-6H,1-4H2,(H2,10,12). The maximum Gasteiger partial charge on any atom is 0.253 e. The highest BCUT2D eigenvalue weighted by Crippen LogP contribution is 2.34.